The van der Waals surface area contributed by atoms with Gasteiger partial charge in [0.2, 0.25) is 5.91 Å². The lowest BCUT2D eigenvalue weighted by molar-refractivity contribution is -0.118. The molecule has 0 heterocycles. The molecular formula is C11H16BrClN2O2. The molecule has 0 saturated carbocycles. The van der Waals surface area contributed by atoms with E-state index in [1.54, 1.807) is 12.1 Å². The largest absolute Gasteiger partial charge is 0.506 e. The summed E-state index contributed by atoms with van der Waals surface area (Å²) in [5.74, 6) is -0.231. The average molecular weight is 324 g/mol. The topological polar surface area (TPSA) is 75.4 Å². The number of halogens is 2. The highest BCUT2D eigenvalue weighted by Gasteiger charge is 2.18. The molecule has 0 spiro atoms. The molecule has 1 aromatic rings. The van der Waals surface area contributed by atoms with Gasteiger partial charge in [-0.2, -0.15) is 0 Å². The third-order valence-corrected chi connectivity index (χ3v) is 2.73. The standard InChI is InChI=1S/C11H15BrN2O2.ClH/c1-6(2)10(13)11(16)14-8-5-7(12)3-4-9(8)15;/h3-6,10,15H,13H2,1-2H3,(H,14,16);1H. The van der Waals surface area contributed by atoms with Gasteiger partial charge < -0.3 is 16.2 Å². The maximum Gasteiger partial charge on any atom is 0.241 e. The van der Waals surface area contributed by atoms with Crippen LogP contribution in [0.3, 0.4) is 0 Å². The number of phenolic OH excluding ortho intramolecular Hbond substituents is 1. The molecule has 0 saturated heterocycles. The summed E-state index contributed by atoms with van der Waals surface area (Å²) < 4.78 is 0.777. The molecule has 1 amide bonds. The Labute approximate surface area is 115 Å². The summed E-state index contributed by atoms with van der Waals surface area (Å²) in [4.78, 5) is 11.7. The van der Waals surface area contributed by atoms with Crippen LogP contribution in [0.2, 0.25) is 0 Å². The van der Waals surface area contributed by atoms with Gasteiger partial charge in [-0.25, -0.2) is 0 Å². The lowest BCUT2D eigenvalue weighted by Crippen LogP contribution is -2.39. The number of hydrogen-bond donors (Lipinski definition) is 3. The highest BCUT2D eigenvalue weighted by molar-refractivity contribution is 9.10. The number of aromatic hydroxyl groups is 1. The predicted octanol–water partition coefficient (Wildman–Crippen LogP) is 2.50. The Morgan fingerprint density at radius 1 is 1.47 bits per heavy atom. The van der Waals surface area contributed by atoms with Crippen molar-refractivity contribution >= 4 is 39.9 Å². The first-order valence-corrected chi connectivity index (χ1v) is 5.76. The maximum absolute atomic E-state index is 11.7. The number of hydrogen-bond acceptors (Lipinski definition) is 3. The van der Waals surface area contributed by atoms with Crippen molar-refractivity contribution in [3.8, 4) is 5.75 Å². The molecule has 0 aliphatic rings. The van der Waals surface area contributed by atoms with Gasteiger partial charge in [0.1, 0.15) is 5.75 Å². The van der Waals surface area contributed by atoms with Crippen LogP contribution in [-0.4, -0.2) is 17.1 Å². The number of carbonyl (C=O) groups excluding carboxylic acids is 1. The monoisotopic (exact) mass is 322 g/mol. The second-order valence-corrected chi connectivity index (χ2v) is 4.84. The predicted molar refractivity (Wildman–Crippen MR) is 74.5 cm³/mol. The van der Waals surface area contributed by atoms with E-state index < -0.39 is 6.04 Å². The van der Waals surface area contributed by atoms with Gasteiger partial charge in [-0.3, -0.25) is 4.79 Å². The maximum atomic E-state index is 11.7. The van der Waals surface area contributed by atoms with Gasteiger partial charge in [-0.05, 0) is 24.1 Å². The first-order valence-electron chi connectivity index (χ1n) is 4.96. The van der Waals surface area contributed by atoms with Crippen LogP contribution >= 0.6 is 28.3 Å². The first kappa shape index (κ1) is 16.2. The molecule has 0 radical (unpaired) electrons. The second-order valence-electron chi connectivity index (χ2n) is 3.92. The van der Waals surface area contributed by atoms with Gasteiger partial charge in [0, 0.05) is 4.47 Å². The van der Waals surface area contributed by atoms with Crippen molar-refractivity contribution in [2.24, 2.45) is 11.7 Å². The Kier molecular flexibility index (Phi) is 6.52. The van der Waals surface area contributed by atoms with Crippen LogP contribution in [0, 0.1) is 5.92 Å². The van der Waals surface area contributed by atoms with Crippen LogP contribution in [0.4, 0.5) is 5.69 Å². The van der Waals surface area contributed by atoms with Crippen molar-refractivity contribution in [3.63, 3.8) is 0 Å². The second kappa shape index (κ2) is 6.83. The number of nitrogens with two attached hydrogens (primary N) is 1. The van der Waals surface area contributed by atoms with Crippen LogP contribution in [0.1, 0.15) is 13.8 Å². The quantitative estimate of drug-likeness (QED) is 0.748. The Morgan fingerprint density at radius 3 is 2.59 bits per heavy atom. The van der Waals surface area contributed by atoms with Gasteiger partial charge in [0.15, 0.2) is 0 Å². The van der Waals surface area contributed by atoms with Gasteiger partial charge in [0.05, 0.1) is 11.7 Å². The van der Waals surface area contributed by atoms with Crippen molar-refractivity contribution in [1.29, 1.82) is 0 Å². The molecule has 4 nitrogen and oxygen atoms in total. The van der Waals surface area contributed by atoms with Crippen molar-refractivity contribution in [2.75, 3.05) is 5.32 Å². The number of nitrogens with one attached hydrogen (secondary N) is 1. The van der Waals surface area contributed by atoms with Crippen LogP contribution in [0.5, 0.6) is 5.75 Å². The van der Waals surface area contributed by atoms with Crippen molar-refractivity contribution in [2.45, 2.75) is 19.9 Å². The molecule has 1 rings (SSSR count). The lowest BCUT2D eigenvalue weighted by atomic mass is 10.0. The molecule has 0 aliphatic heterocycles. The third kappa shape index (κ3) is 4.53. The zero-order chi connectivity index (χ0) is 12.3. The number of benzene rings is 1. The molecule has 1 unspecified atom stereocenters. The Bertz CT molecular complexity index is 399. The van der Waals surface area contributed by atoms with E-state index in [1.807, 2.05) is 13.8 Å². The summed E-state index contributed by atoms with van der Waals surface area (Å²) in [6, 6.07) is 4.23. The summed E-state index contributed by atoms with van der Waals surface area (Å²) in [6.45, 7) is 3.73. The molecule has 96 valence electrons. The average Bonchev–Trinajstić information content (AvgIpc) is 2.22. The normalized spacial score (nSPS) is 11.8. The number of rotatable bonds is 3. The molecule has 4 N–H and O–H groups in total. The van der Waals surface area contributed by atoms with Gasteiger partial charge in [-0.15, -0.1) is 12.4 Å². The fourth-order valence-electron chi connectivity index (χ4n) is 1.13. The highest BCUT2D eigenvalue weighted by Crippen LogP contribution is 2.26. The fourth-order valence-corrected chi connectivity index (χ4v) is 1.49. The molecule has 0 aliphatic carbocycles. The zero-order valence-electron chi connectivity index (χ0n) is 9.61. The minimum Gasteiger partial charge on any atom is -0.506 e. The van der Waals surface area contributed by atoms with E-state index in [1.165, 1.54) is 6.07 Å². The van der Waals surface area contributed by atoms with Crippen LogP contribution < -0.4 is 11.1 Å². The Balaban J connectivity index is 0.00000256. The van der Waals surface area contributed by atoms with E-state index in [0.717, 1.165) is 4.47 Å². The summed E-state index contributed by atoms with van der Waals surface area (Å²) in [5, 5.41) is 12.1. The third-order valence-electron chi connectivity index (χ3n) is 2.24. The minimum atomic E-state index is -0.585. The fraction of sp³-hybridized carbons (Fsp3) is 0.364. The summed E-state index contributed by atoms with van der Waals surface area (Å²) in [5.41, 5.74) is 6.05. The van der Waals surface area contributed by atoms with Crippen LogP contribution in [0.25, 0.3) is 0 Å². The molecule has 0 aromatic heterocycles. The van der Waals surface area contributed by atoms with Gasteiger partial charge in [0.25, 0.3) is 0 Å². The molecular weight excluding hydrogens is 307 g/mol. The highest BCUT2D eigenvalue weighted by atomic mass is 79.9. The molecule has 1 aromatic carbocycles. The number of carbonyl (C=O) groups is 1. The molecule has 0 fully saturated rings. The number of phenols is 1. The van der Waals surface area contributed by atoms with E-state index in [-0.39, 0.29) is 30.0 Å². The summed E-state index contributed by atoms with van der Waals surface area (Å²) in [7, 11) is 0. The Hall–Kier alpha value is -0.780. The summed E-state index contributed by atoms with van der Waals surface area (Å²) in [6.07, 6.45) is 0. The molecule has 17 heavy (non-hydrogen) atoms. The van der Waals surface area contributed by atoms with Crippen molar-refractivity contribution < 1.29 is 9.90 Å². The zero-order valence-corrected chi connectivity index (χ0v) is 12.0. The SMILES string of the molecule is CC(C)C(N)C(=O)Nc1cc(Br)ccc1O.Cl. The molecule has 6 heteroatoms. The van der Waals surface area contributed by atoms with Crippen LogP contribution in [0.15, 0.2) is 22.7 Å². The molecule has 1 atom stereocenters. The van der Waals surface area contributed by atoms with E-state index in [4.69, 9.17) is 5.73 Å². The van der Waals surface area contributed by atoms with Gasteiger partial charge >= 0.3 is 0 Å². The van der Waals surface area contributed by atoms with Crippen LogP contribution in [-0.2, 0) is 4.79 Å². The van der Waals surface area contributed by atoms with E-state index in [2.05, 4.69) is 21.2 Å². The lowest BCUT2D eigenvalue weighted by Gasteiger charge is -2.16. The number of anilines is 1. The van der Waals surface area contributed by atoms with E-state index >= 15 is 0 Å². The smallest absolute Gasteiger partial charge is 0.241 e. The van der Waals surface area contributed by atoms with Crippen molar-refractivity contribution in [3.05, 3.63) is 22.7 Å². The van der Waals surface area contributed by atoms with E-state index in [9.17, 15) is 9.90 Å². The van der Waals surface area contributed by atoms with Gasteiger partial charge in [-0.1, -0.05) is 29.8 Å². The van der Waals surface area contributed by atoms with Crippen molar-refractivity contribution in [1.82, 2.24) is 0 Å². The first-order chi connectivity index (χ1) is 7.41. The molecule has 0 bridgehead atoms. The van der Waals surface area contributed by atoms with E-state index in [0.29, 0.717) is 5.69 Å². The minimum absolute atomic E-state index is 0. The Morgan fingerprint density at radius 2 is 2.06 bits per heavy atom. The summed E-state index contributed by atoms with van der Waals surface area (Å²) >= 11 is 3.26. The number of amides is 1.